The Morgan fingerprint density at radius 1 is 1.11 bits per heavy atom. The van der Waals surface area contributed by atoms with E-state index in [9.17, 15) is 14.4 Å². The molecule has 2 rings (SSSR count). The van der Waals surface area contributed by atoms with E-state index in [2.05, 4.69) is 10.6 Å². The number of amides is 3. The van der Waals surface area contributed by atoms with Gasteiger partial charge in [-0.1, -0.05) is 35.3 Å². The van der Waals surface area contributed by atoms with Crippen LogP contribution in [0.15, 0.2) is 42.5 Å². The van der Waals surface area contributed by atoms with E-state index >= 15 is 0 Å². The highest BCUT2D eigenvalue weighted by Crippen LogP contribution is 2.25. The number of ether oxygens (including phenoxy) is 1. The minimum Gasteiger partial charge on any atom is -0.449 e. The van der Waals surface area contributed by atoms with Crippen LogP contribution in [-0.4, -0.2) is 24.0 Å². The summed E-state index contributed by atoms with van der Waals surface area (Å²) in [5.74, 6) is -1.21. The van der Waals surface area contributed by atoms with Crippen LogP contribution in [0.4, 0.5) is 10.5 Å². The summed E-state index contributed by atoms with van der Waals surface area (Å²) in [5.41, 5.74) is 6.34. The van der Waals surface area contributed by atoms with Gasteiger partial charge >= 0.3 is 12.0 Å². The molecule has 7 nitrogen and oxygen atoms in total. The second-order valence-electron chi connectivity index (χ2n) is 5.58. The molecule has 0 fully saturated rings. The van der Waals surface area contributed by atoms with Crippen LogP contribution in [0.1, 0.15) is 22.8 Å². The number of carbonyl (C=O) groups excluding carboxylic acids is 3. The largest absolute Gasteiger partial charge is 0.449 e. The SMILES string of the molecule is CC(OC(=O)c1ccc(CNC(N)=O)cc1)C(=O)Nc1cc(Cl)ccc1Cl. The lowest BCUT2D eigenvalue weighted by atomic mass is 10.1. The maximum Gasteiger partial charge on any atom is 0.338 e. The molecule has 0 spiro atoms. The number of nitrogens with one attached hydrogen (secondary N) is 2. The van der Waals surface area contributed by atoms with Crippen LogP contribution in [0.25, 0.3) is 0 Å². The van der Waals surface area contributed by atoms with E-state index in [1.165, 1.54) is 25.1 Å². The smallest absolute Gasteiger partial charge is 0.338 e. The standard InChI is InChI=1S/C18H17Cl2N3O4/c1-10(16(24)23-15-8-13(19)6-7-14(15)20)27-17(25)12-4-2-11(3-5-12)9-22-18(21)26/h2-8,10H,9H2,1H3,(H,23,24)(H3,21,22,26). The van der Waals surface area contributed by atoms with Crippen molar-refractivity contribution in [2.45, 2.75) is 19.6 Å². The minimum atomic E-state index is -1.05. The molecule has 0 aliphatic heterocycles. The number of nitrogens with two attached hydrogens (primary N) is 1. The predicted octanol–water partition coefficient (Wildman–Crippen LogP) is 3.35. The van der Waals surface area contributed by atoms with Crippen LogP contribution < -0.4 is 16.4 Å². The number of hydrogen-bond acceptors (Lipinski definition) is 4. The van der Waals surface area contributed by atoms with Crippen molar-refractivity contribution < 1.29 is 19.1 Å². The molecule has 1 atom stereocenters. The lowest BCUT2D eigenvalue weighted by Crippen LogP contribution is -2.30. The fourth-order valence-corrected chi connectivity index (χ4v) is 2.39. The Hall–Kier alpha value is -2.77. The first kappa shape index (κ1) is 20.5. The van der Waals surface area contributed by atoms with E-state index < -0.39 is 24.0 Å². The second kappa shape index (κ2) is 9.25. The van der Waals surface area contributed by atoms with Crippen LogP contribution >= 0.6 is 23.2 Å². The predicted molar refractivity (Wildman–Crippen MR) is 103 cm³/mol. The number of rotatable bonds is 6. The van der Waals surface area contributed by atoms with Crippen molar-refractivity contribution in [2.24, 2.45) is 5.73 Å². The van der Waals surface area contributed by atoms with Gasteiger partial charge in [0.15, 0.2) is 6.10 Å². The number of anilines is 1. The Kier molecular flexibility index (Phi) is 7.04. The number of benzene rings is 2. The average molecular weight is 410 g/mol. The van der Waals surface area contributed by atoms with Crippen LogP contribution in [0, 0.1) is 0 Å². The van der Waals surface area contributed by atoms with Crippen molar-refractivity contribution in [1.82, 2.24) is 5.32 Å². The van der Waals surface area contributed by atoms with Gasteiger partial charge in [-0.05, 0) is 42.8 Å². The molecule has 1 unspecified atom stereocenters. The zero-order valence-electron chi connectivity index (χ0n) is 14.3. The van der Waals surface area contributed by atoms with Gasteiger partial charge in [0.05, 0.1) is 16.3 Å². The third-order valence-corrected chi connectivity index (χ3v) is 4.06. The third kappa shape index (κ3) is 6.16. The maximum atomic E-state index is 12.2. The van der Waals surface area contributed by atoms with Gasteiger partial charge in [-0.2, -0.15) is 0 Å². The number of esters is 1. The molecule has 3 amide bonds. The number of hydrogen-bond donors (Lipinski definition) is 3. The Morgan fingerprint density at radius 2 is 1.78 bits per heavy atom. The first-order valence-corrected chi connectivity index (χ1v) is 8.61. The number of halogens is 2. The van der Waals surface area contributed by atoms with E-state index in [1.54, 1.807) is 24.3 Å². The molecule has 27 heavy (non-hydrogen) atoms. The number of urea groups is 1. The summed E-state index contributed by atoms with van der Waals surface area (Å²) in [4.78, 5) is 35.1. The third-order valence-electron chi connectivity index (χ3n) is 3.50. The molecule has 0 aliphatic carbocycles. The maximum absolute atomic E-state index is 12.2. The second-order valence-corrected chi connectivity index (χ2v) is 6.42. The van der Waals surface area contributed by atoms with E-state index in [0.29, 0.717) is 15.7 Å². The van der Waals surface area contributed by atoms with Crippen LogP contribution in [0.5, 0.6) is 0 Å². The summed E-state index contributed by atoms with van der Waals surface area (Å²) in [6.45, 7) is 1.68. The van der Waals surface area contributed by atoms with E-state index in [1.807, 2.05) is 0 Å². The first-order valence-electron chi connectivity index (χ1n) is 7.85. The Labute approximate surface area is 165 Å². The lowest BCUT2D eigenvalue weighted by Gasteiger charge is -2.14. The Balaban J connectivity index is 1.95. The molecule has 2 aromatic carbocycles. The molecule has 0 saturated carbocycles. The molecule has 0 saturated heterocycles. The molecule has 2 aromatic rings. The summed E-state index contributed by atoms with van der Waals surface area (Å²) in [7, 11) is 0. The fraction of sp³-hybridized carbons (Fsp3) is 0.167. The highest BCUT2D eigenvalue weighted by atomic mass is 35.5. The van der Waals surface area contributed by atoms with Crippen molar-refractivity contribution in [3.8, 4) is 0 Å². The summed E-state index contributed by atoms with van der Waals surface area (Å²) in [6.07, 6.45) is -1.05. The number of carbonyl (C=O) groups is 3. The normalized spacial score (nSPS) is 11.4. The fourth-order valence-electron chi connectivity index (χ4n) is 2.06. The van der Waals surface area contributed by atoms with E-state index in [0.717, 1.165) is 5.56 Å². The zero-order valence-corrected chi connectivity index (χ0v) is 15.8. The van der Waals surface area contributed by atoms with Crippen LogP contribution in [-0.2, 0) is 16.1 Å². The highest BCUT2D eigenvalue weighted by Gasteiger charge is 2.20. The minimum absolute atomic E-state index is 0.240. The molecular weight excluding hydrogens is 393 g/mol. The summed E-state index contributed by atoms with van der Waals surface area (Å²) in [6, 6.07) is 10.3. The van der Waals surface area contributed by atoms with Gasteiger partial charge in [0.1, 0.15) is 0 Å². The molecule has 0 aromatic heterocycles. The number of primary amides is 1. The quantitative estimate of drug-likeness (QED) is 0.635. The van der Waals surface area contributed by atoms with Crippen molar-refractivity contribution in [2.75, 3.05) is 5.32 Å². The van der Waals surface area contributed by atoms with E-state index in [4.69, 9.17) is 33.7 Å². The molecule has 9 heteroatoms. The molecule has 0 bridgehead atoms. The molecule has 0 radical (unpaired) electrons. The molecule has 142 valence electrons. The van der Waals surface area contributed by atoms with Gasteiger partial charge in [-0.3, -0.25) is 4.79 Å². The van der Waals surface area contributed by atoms with Crippen LogP contribution in [0.2, 0.25) is 10.0 Å². The molecule has 0 aliphatic rings. The van der Waals surface area contributed by atoms with Crippen molar-refractivity contribution in [3.63, 3.8) is 0 Å². The highest BCUT2D eigenvalue weighted by molar-refractivity contribution is 6.35. The zero-order chi connectivity index (χ0) is 20.0. The topological polar surface area (TPSA) is 111 Å². The Bertz CT molecular complexity index is 856. The van der Waals surface area contributed by atoms with Gasteiger partial charge in [-0.25, -0.2) is 9.59 Å². The van der Waals surface area contributed by atoms with E-state index in [-0.39, 0.29) is 12.1 Å². The van der Waals surface area contributed by atoms with Gasteiger partial charge in [0.25, 0.3) is 5.91 Å². The molecule has 4 N–H and O–H groups in total. The van der Waals surface area contributed by atoms with Crippen LogP contribution in [0.3, 0.4) is 0 Å². The first-order chi connectivity index (χ1) is 12.8. The van der Waals surface area contributed by atoms with Crippen molar-refractivity contribution in [1.29, 1.82) is 0 Å². The average Bonchev–Trinajstić information content (AvgIpc) is 2.63. The summed E-state index contributed by atoms with van der Waals surface area (Å²) < 4.78 is 5.16. The lowest BCUT2D eigenvalue weighted by molar-refractivity contribution is -0.123. The van der Waals surface area contributed by atoms with Gasteiger partial charge in [-0.15, -0.1) is 0 Å². The Morgan fingerprint density at radius 3 is 2.41 bits per heavy atom. The monoisotopic (exact) mass is 409 g/mol. The van der Waals surface area contributed by atoms with Gasteiger partial charge < -0.3 is 21.1 Å². The molecule has 0 heterocycles. The summed E-state index contributed by atoms with van der Waals surface area (Å²) >= 11 is 11.9. The molecular formula is C18H17Cl2N3O4. The van der Waals surface area contributed by atoms with Crippen molar-refractivity contribution >= 4 is 46.8 Å². The summed E-state index contributed by atoms with van der Waals surface area (Å²) in [5, 5.41) is 5.72. The van der Waals surface area contributed by atoms with Gasteiger partial charge in [0.2, 0.25) is 0 Å². The van der Waals surface area contributed by atoms with Gasteiger partial charge in [0, 0.05) is 11.6 Å². The van der Waals surface area contributed by atoms with Crippen molar-refractivity contribution in [3.05, 3.63) is 63.6 Å².